The highest BCUT2D eigenvalue weighted by Crippen LogP contribution is 2.15. The van der Waals surface area contributed by atoms with E-state index in [1.165, 1.54) is 0 Å². The van der Waals surface area contributed by atoms with Crippen LogP contribution in [0.5, 0.6) is 0 Å². The van der Waals surface area contributed by atoms with Gasteiger partial charge in [-0.1, -0.05) is 43.3 Å². The van der Waals surface area contributed by atoms with E-state index in [4.69, 9.17) is 12.2 Å². The molecule has 0 saturated heterocycles. The average molecular weight is 384 g/mol. The Labute approximate surface area is 165 Å². The lowest BCUT2D eigenvalue weighted by atomic mass is 10.1. The molecule has 0 aliphatic rings. The second-order valence-electron chi connectivity index (χ2n) is 6.43. The number of aryl methyl sites for hydroxylation is 1. The highest BCUT2D eigenvalue weighted by atomic mass is 32.1. The smallest absolute Gasteiger partial charge is 0.253 e. The van der Waals surface area contributed by atoms with Crippen molar-refractivity contribution in [3.8, 4) is 0 Å². The molecule has 2 amide bonds. The summed E-state index contributed by atoms with van der Waals surface area (Å²) in [7, 11) is 0. The summed E-state index contributed by atoms with van der Waals surface area (Å²) in [6.45, 7) is 5.92. The van der Waals surface area contributed by atoms with E-state index in [1.54, 1.807) is 24.3 Å². The van der Waals surface area contributed by atoms with E-state index >= 15 is 0 Å². The minimum absolute atomic E-state index is 0.0753. The van der Waals surface area contributed by atoms with Crippen LogP contribution in [0.2, 0.25) is 0 Å². The molecule has 0 aliphatic carbocycles. The molecular weight excluding hydrogens is 358 g/mol. The molecule has 2 aromatic rings. The molecule has 0 radical (unpaired) electrons. The van der Waals surface area contributed by atoms with E-state index in [1.807, 2.05) is 45.0 Å². The Bertz CT molecular complexity index is 836. The number of hydrogen-bond donors (Lipinski definition) is 3. The minimum atomic E-state index is -0.205. The maximum atomic E-state index is 12.4. The second kappa shape index (κ2) is 9.83. The number of carbonyl (C=O) groups is 2. The summed E-state index contributed by atoms with van der Waals surface area (Å²) < 4.78 is 0. The first kappa shape index (κ1) is 20.6. The molecule has 27 heavy (non-hydrogen) atoms. The van der Waals surface area contributed by atoms with E-state index in [0.29, 0.717) is 11.3 Å². The van der Waals surface area contributed by atoms with Crippen LogP contribution in [0.15, 0.2) is 48.5 Å². The Morgan fingerprint density at radius 2 is 1.74 bits per heavy atom. The summed E-state index contributed by atoms with van der Waals surface area (Å²) >= 11 is 5.24. The third-order valence-electron chi connectivity index (χ3n) is 4.27. The van der Waals surface area contributed by atoms with Gasteiger partial charge in [-0.25, -0.2) is 0 Å². The van der Waals surface area contributed by atoms with Crippen molar-refractivity contribution in [3.63, 3.8) is 0 Å². The Morgan fingerprint density at radius 1 is 1.07 bits per heavy atom. The molecular formula is C21H25N3O2S. The largest absolute Gasteiger partial charge is 0.350 e. The van der Waals surface area contributed by atoms with Crippen LogP contribution in [0, 0.1) is 6.92 Å². The standard InChI is InChI=1S/C21H25N3O2S/c1-4-15(3)22-20(26)17-11-7-8-12-18(17)23-21(27)24-19(25)13-16-10-6-5-9-14(16)2/h5-12,15H,4,13H2,1-3H3,(H,22,26)(H2,23,24,25,27). The third kappa shape index (κ3) is 6.18. The van der Waals surface area contributed by atoms with Gasteiger partial charge in [0.2, 0.25) is 5.91 Å². The van der Waals surface area contributed by atoms with Crippen LogP contribution >= 0.6 is 12.2 Å². The molecule has 1 unspecified atom stereocenters. The third-order valence-corrected chi connectivity index (χ3v) is 4.48. The highest BCUT2D eigenvalue weighted by Gasteiger charge is 2.14. The van der Waals surface area contributed by atoms with Gasteiger partial charge in [0.25, 0.3) is 5.91 Å². The van der Waals surface area contributed by atoms with Crippen molar-refractivity contribution >= 4 is 34.8 Å². The Morgan fingerprint density at radius 3 is 2.44 bits per heavy atom. The lowest BCUT2D eigenvalue weighted by molar-refractivity contribution is -0.119. The molecule has 0 aliphatic heterocycles. The van der Waals surface area contributed by atoms with Gasteiger partial charge in [-0.2, -0.15) is 0 Å². The SMILES string of the molecule is CCC(C)NC(=O)c1ccccc1NC(=S)NC(=O)Cc1ccccc1C. The summed E-state index contributed by atoms with van der Waals surface area (Å²) in [6, 6.07) is 14.9. The number of amides is 2. The normalized spacial score (nSPS) is 11.4. The van der Waals surface area contributed by atoms with Gasteiger partial charge in [0.05, 0.1) is 17.7 Å². The maximum Gasteiger partial charge on any atom is 0.253 e. The Hall–Kier alpha value is -2.73. The van der Waals surface area contributed by atoms with E-state index < -0.39 is 0 Å². The topological polar surface area (TPSA) is 70.2 Å². The van der Waals surface area contributed by atoms with E-state index in [9.17, 15) is 9.59 Å². The van der Waals surface area contributed by atoms with E-state index in [2.05, 4.69) is 16.0 Å². The van der Waals surface area contributed by atoms with Crippen LogP contribution in [0.4, 0.5) is 5.69 Å². The first-order chi connectivity index (χ1) is 12.9. The zero-order valence-electron chi connectivity index (χ0n) is 15.8. The lowest BCUT2D eigenvalue weighted by Crippen LogP contribution is -2.36. The molecule has 0 bridgehead atoms. The summed E-state index contributed by atoms with van der Waals surface area (Å²) in [5.74, 6) is -0.384. The van der Waals surface area contributed by atoms with Crippen molar-refractivity contribution < 1.29 is 9.59 Å². The van der Waals surface area contributed by atoms with Crippen molar-refractivity contribution in [1.82, 2.24) is 10.6 Å². The fourth-order valence-electron chi connectivity index (χ4n) is 2.50. The average Bonchev–Trinajstić information content (AvgIpc) is 2.63. The number of anilines is 1. The van der Waals surface area contributed by atoms with Crippen LogP contribution in [0.3, 0.4) is 0 Å². The maximum absolute atomic E-state index is 12.4. The van der Waals surface area contributed by atoms with Gasteiger partial charge in [0, 0.05) is 6.04 Å². The second-order valence-corrected chi connectivity index (χ2v) is 6.84. The van der Waals surface area contributed by atoms with Gasteiger partial charge in [-0.3, -0.25) is 9.59 Å². The van der Waals surface area contributed by atoms with Gasteiger partial charge >= 0.3 is 0 Å². The van der Waals surface area contributed by atoms with Crippen LogP contribution < -0.4 is 16.0 Å². The molecule has 2 aromatic carbocycles. The predicted octanol–water partition coefficient (Wildman–Crippen LogP) is 3.58. The number of para-hydroxylation sites is 1. The lowest BCUT2D eigenvalue weighted by Gasteiger charge is -2.16. The quantitative estimate of drug-likeness (QED) is 0.667. The monoisotopic (exact) mass is 383 g/mol. The van der Waals surface area contributed by atoms with Gasteiger partial charge in [0.15, 0.2) is 5.11 Å². The van der Waals surface area contributed by atoms with Gasteiger partial charge in [-0.05, 0) is 55.7 Å². The number of benzene rings is 2. The van der Waals surface area contributed by atoms with Crippen molar-refractivity contribution in [3.05, 3.63) is 65.2 Å². The summed E-state index contributed by atoms with van der Waals surface area (Å²) in [6.07, 6.45) is 1.08. The van der Waals surface area contributed by atoms with Gasteiger partial charge < -0.3 is 16.0 Å². The molecule has 5 nitrogen and oxygen atoms in total. The molecule has 1 atom stereocenters. The highest BCUT2D eigenvalue weighted by molar-refractivity contribution is 7.80. The van der Waals surface area contributed by atoms with Crippen LogP contribution in [-0.4, -0.2) is 23.0 Å². The molecule has 0 spiro atoms. The summed E-state index contributed by atoms with van der Waals surface area (Å²) in [5.41, 5.74) is 3.04. The molecule has 0 aromatic heterocycles. The number of rotatable bonds is 6. The molecule has 6 heteroatoms. The first-order valence-corrected chi connectivity index (χ1v) is 9.36. The predicted molar refractivity (Wildman–Crippen MR) is 113 cm³/mol. The van der Waals surface area contributed by atoms with Crippen LogP contribution in [-0.2, 0) is 11.2 Å². The first-order valence-electron chi connectivity index (χ1n) is 8.96. The molecule has 2 rings (SSSR count). The van der Waals surface area contributed by atoms with Crippen molar-refractivity contribution in [2.75, 3.05) is 5.32 Å². The zero-order valence-corrected chi connectivity index (χ0v) is 16.7. The Kier molecular flexibility index (Phi) is 7.49. The molecule has 0 saturated carbocycles. The van der Waals surface area contributed by atoms with Crippen molar-refractivity contribution in [2.24, 2.45) is 0 Å². The number of carbonyl (C=O) groups excluding carboxylic acids is 2. The Balaban J connectivity index is 2.00. The fraction of sp³-hybridized carbons (Fsp3) is 0.286. The van der Waals surface area contributed by atoms with Crippen molar-refractivity contribution in [1.29, 1.82) is 0 Å². The molecule has 3 N–H and O–H groups in total. The van der Waals surface area contributed by atoms with Crippen LogP contribution in [0.25, 0.3) is 0 Å². The molecule has 142 valence electrons. The molecule has 0 fully saturated rings. The van der Waals surface area contributed by atoms with E-state index in [-0.39, 0.29) is 29.4 Å². The number of nitrogens with one attached hydrogen (secondary N) is 3. The van der Waals surface area contributed by atoms with E-state index in [0.717, 1.165) is 17.5 Å². The summed E-state index contributed by atoms with van der Waals surface area (Å²) in [5, 5.41) is 8.72. The van der Waals surface area contributed by atoms with Gasteiger partial charge in [0.1, 0.15) is 0 Å². The minimum Gasteiger partial charge on any atom is -0.350 e. The fourth-order valence-corrected chi connectivity index (χ4v) is 2.72. The van der Waals surface area contributed by atoms with Crippen molar-refractivity contribution in [2.45, 2.75) is 39.7 Å². The molecule has 0 heterocycles. The van der Waals surface area contributed by atoms with Gasteiger partial charge in [-0.15, -0.1) is 0 Å². The summed E-state index contributed by atoms with van der Waals surface area (Å²) in [4.78, 5) is 24.7. The number of hydrogen-bond acceptors (Lipinski definition) is 3. The van der Waals surface area contributed by atoms with Crippen LogP contribution in [0.1, 0.15) is 41.8 Å². The zero-order chi connectivity index (χ0) is 19.8. The number of thiocarbonyl (C=S) groups is 1.